The zero-order chi connectivity index (χ0) is 15.1. The number of ether oxygens (including phenoxy) is 1. The van der Waals surface area contributed by atoms with Crippen molar-refractivity contribution in [1.29, 1.82) is 0 Å². The van der Waals surface area contributed by atoms with Gasteiger partial charge in [-0.15, -0.1) is 0 Å². The summed E-state index contributed by atoms with van der Waals surface area (Å²) in [6, 6.07) is 4.06. The third-order valence-electron chi connectivity index (χ3n) is 3.36. The van der Waals surface area contributed by atoms with Crippen LogP contribution in [0.15, 0.2) is 26.8 Å². The van der Waals surface area contributed by atoms with Crippen molar-refractivity contribution in [3.63, 3.8) is 0 Å². The van der Waals surface area contributed by atoms with Crippen LogP contribution in [0.1, 0.15) is 18.4 Å². The predicted molar refractivity (Wildman–Crippen MR) is 92.0 cm³/mol. The van der Waals surface area contributed by atoms with Crippen molar-refractivity contribution in [3.8, 4) is 5.75 Å². The number of benzene rings is 1. The molecule has 4 nitrogen and oxygen atoms in total. The monoisotopic (exact) mass is 430 g/mol. The molecule has 1 saturated carbocycles. The van der Waals surface area contributed by atoms with Crippen molar-refractivity contribution >= 4 is 61.2 Å². The molecule has 0 spiro atoms. The van der Waals surface area contributed by atoms with Gasteiger partial charge >= 0.3 is 0 Å². The van der Waals surface area contributed by atoms with Crippen molar-refractivity contribution in [3.05, 3.63) is 32.3 Å². The second kappa shape index (κ2) is 5.70. The Balaban J connectivity index is 1.99. The molecule has 0 radical (unpaired) electrons. The van der Waals surface area contributed by atoms with E-state index in [1.807, 2.05) is 12.1 Å². The quantitative estimate of drug-likeness (QED) is 0.587. The molecule has 3 rings (SSSR count). The molecular weight excluding hydrogens is 420 g/mol. The fourth-order valence-corrected chi connectivity index (χ4v) is 4.03. The summed E-state index contributed by atoms with van der Waals surface area (Å²) in [5, 5.41) is 3.48. The molecule has 1 aromatic rings. The fraction of sp³-hybridized carbons (Fsp3) is 0.286. The molecule has 1 heterocycles. The maximum absolute atomic E-state index is 12.4. The van der Waals surface area contributed by atoms with Crippen LogP contribution in [0.3, 0.4) is 0 Å². The maximum Gasteiger partial charge on any atom is 0.276 e. The van der Waals surface area contributed by atoms with E-state index < -0.39 is 0 Å². The van der Waals surface area contributed by atoms with Crippen molar-refractivity contribution < 1.29 is 9.53 Å². The molecule has 0 unspecified atom stereocenters. The van der Waals surface area contributed by atoms with Gasteiger partial charge in [-0.25, -0.2) is 0 Å². The van der Waals surface area contributed by atoms with Crippen LogP contribution in [-0.2, 0) is 4.79 Å². The predicted octanol–water partition coefficient (Wildman–Crippen LogP) is 3.44. The first kappa shape index (κ1) is 15.0. The summed E-state index contributed by atoms with van der Waals surface area (Å²) in [6.45, 7) is 0. The van der Waals surface area contributed by atoms with Gasteiger partial charge in [-0.1, -0.05) is 15.9 Å². The van der Waals surface area contributed by atoms with E-state index in [0.717, 1.165) is 27.4 Å². The van der Waals surface area contributed by atoms with Crippen LogP contribution in [0.5, 0.6) is 5.75 Å². The number of nitrogens with zero attached hydrogens (tertiary/aromatic N) is 1. The molecule has 1 aliphatic carbocycles. The van der Waals surface area contributed by atoms with Crippen LogP contribution in [0.2, 0.25) is 0 Å². The minimum Gasteiger partial charge on any atom is -0.495 e. The van der Waals surface area contributed by atoms with Gasteiger partial charge < -0.3 is 10.1 Å². The van der Waals surface area contributed by atoms with Gasteiger partial charge in [-0.2, -0.15) is 0 Å². The van der Waals surface area contributed by atoms with Gasteiger partial charge in [-0.05, 0) is 59.2 Å². The Labute approximate surface area is 144 Å². The van der Waals surface area contributed by atoms with E-state index in [0.29, 0.717) is 16.6 Å². The summed E-state index contributed by atoms with van der Waals surface area (Å²) in [4.78, 5) is 14.1. The molecule has 21 heavy (non-hydrogen) atoms. The number of amides is 1. The largest absolute Gasteiger partial charge is 0.495 e. The number of carbonyl (C=O) groups excluding carboxylic acids is 1. The van der Waals surface area contributed by atoms with Crippen LogP contribution in [0.25, 0.3) is 6.08 Å². The number of carbonyl (C=O) groups is 1. The van der Waals surface area contributed by atoms with Gasteiger partial charge in [-0.3, -0.25) is 9.69 Å². The first-order valence-electron chi connectivity index (χ1n) is 6.40. The van der Waals surface area contributed by atoms with Crippen molar-refractivity contribution in [1.82, 2.24) is 10.2 Å². The van der Waals surface area contributed by atoms with Gasteiger partial charge in [0.05, 0.1) is 11.6 Å². The van der Waals surface area contributed by atoms with Gasteiger partial charge in [0, 0.05) is 16.1 Å². The molecular formula is C14H12Br2N2O2S. The lowest BCUT2D eigenvalue weighted by atomic mass is 10.1. The summed E-state index contributed by atoms with van der Waals surface area (Å²) >= 11 is 12.1. The van der Waals surface area contributed by atoms with E-state index in [2.05, 4.69) is 37.2 Å². The number of halogens is 2. The van der Waals surface area contributed by atoms with E-state index in [9.17, 15) is 4.79 Å². The molecule has 0 atom stereocenters. The Kier molecular flexibility index (Phi) is 4.07. The lowest BCUT2D eigenvalue weighted by molar-refractivity contribution is -0.122. The molecule has 1 saturated heterocycles. The molecule has 2 fully saturated rings. The Morgan fingerprint density at radius 3 is 2.76 bits per heavy atom. The lowest BCUT2D eigenvalue weighted by Crippen LogP contribution is -2.32. The zero-order valence-corrected chi connectivity index (χ0v) is 15.1. The molecule has 7 heteroatoms. The smallest absolute Gasteiger partial charge is 0.276 e. The van der Waals surface area contributed by atoms with Crippen molar-refractivity contribution in [2.24, 2.45) is 0 Å². The highest BCUT2D eigenvalue weighted by Gasteiger charge is 2.41. The van der Waals surface area contributed by atoms with E-state index in [1.165, 1.54) is 0 Å². The maximum atomic E-state index is 12.4. The molecule has 1 amide bonds. The highest BCUT2D eigenvalue weighted by Crippen LogP contribution is 2.35. The number of thiocarbonyl (C=S) groups is 1. The molecule has 0 bridgehead atoms. The summed E-state index contributed by atoms with van der Waals surface area (Å²) in [6.07, 6.45) is 3.81. The van der Waals surface area contributed by atoms with Crippen LogP contribution in [0.4, 0.5) is 0 Å². The highest BCUT2D eigenvalue weighted by atomic mass is 79.9. The number of methoxy groups -OCH3 is 1. The summed E-state index contributed by atoms with van der Waals surface area (Å²) in [7, 11) is 1.60. The lowest BCUT2D eigenvalue weighted by Gasteiger charge is -2.11. The summed E-state index contributed by atoms with van der Waals surface area (Å²) in [5.41, 5.74) is 1.28. The fourth-order valence-electron chi connectivity index (χ4n) is 2.27. The Morgan fingerprint density at radius 2 is 2.14 bits per heavy atom. The van der Waals surface area contributed by atoms with Crippen molar-refractivity contribution in [2.75, 3.05) is 7.11 Å². The Hall–Kier alpha value is -0.920. The minimum atomic E-state index is -0.0688. The van der Waals surface area contributed by atoms with Crippen LogP contribution < -0.4 is 10.1 Å². The van der Waals surface area contributed by atoms with Crippen LogP contribution in [-0.4, -0.2) is 29.1 Å². The van der Waals surface area contributed by atoms with E-state index >= 15 is 0 Å². The van der Waals surface area contributed by atoms with Gasteiger partial charge in [0.15, 0.2) is 5.11 Å². The number of rotatable bonds is 3. The van der Waals surface area contributed by atoms with Gasteiger partial charge in [0.2, 0.25) is 0 Å². The number of hydrogen-bond donors (Lipinski definition) is 1. The third-order valence-corrected chi connectivity index (χ3v) is 4.71. The van der Waals surface area contributed by atoms with Crippen LogP contribution >= 0.6 is 44.1 Å². The van der Waals surface area contributed by atoms with E-state index in [-0.39, 0.29) is 11.9 Å². The van der Waals surface area contributed by atoms with Gasteiger partial charge in [0.25, 0.3) is 5.91 Å². The first-order valence-corrected chi connectivity index (χ1v) is 8.40. The second-order valence-corrected chi connectivity index (χ2v) is 7.06. The average molecular weight is 432 g/mol. The summed E-state index contributed by atoms with van der Waals surface area (Å²) in [5.74, 6) is 0.608. The Bertz CT molecular complexity index is 671. The molecule has 1 aromatic carbocycles. The molecule has 110 valence electrons. The highest BCUT2D eigenvalue weighted by molar-refractivity contribution is 9.11. The molecule has 1 N–H and O–H groups in total. The van der Waals surface area contributed by atoms with Crippen LogP contribution in [0, 0.1) is 0 Å². The first-order chi connectivity index (χ1) is 10.0. The number of nitrogens with one attached hydrogen (secondary N) is 1. The van der Waals surface area contributed by atoms with Crippen molar-refractivity contribution in [2.45, 2.75) is 18.9 Å². The third kappa shape index (κ3) is 2.86. The molecule has 0 aromatic heterocycles. The topological polar surface area (TPSA) is 41.6 Å². The SMILES string of the molecule is COc1c(Br)cc(Br)cc1/C=C1/NC(=S)N(C2CC2)C1=O. The second-order valence-electron chi connectivity index (χ2n) is 4.90. The van der Waals surface area contributed by atoms with E-state index in [4.69, 9.17) is 17.0 Å². The minimum absolute atomic E-state index is 0.0688. The Morgan fingerprint density at radius 1 is 1.43 bits per heavy atom. The number of hydrogen-bond acceptors (Lipinski definition) is 3. The standard InChI is InChI=1S/C14H12Br2N2O2S/c1-20-12-7(4-8(15)6-10(12)16)5-11-13(19)18(9-2-3-9)14(21)17-11/h4-6,9H,2-3H2,1H3,(H,17,21)/b11-5+. The summed E-state index contributed by atoms with van der Waals surface area (Å²) < 4.78 is 7.11. The normalized spacial score (nSPS) is 20.1. The molecule has 1 aliphatic heterocycles. The van der Waals surface area contributed by atoms with Gasteiger partial charge in [0.1, 0.15) is 11.4 Å². The van der Waals surface area contributed by atoms with E-state index in [1.54, 1.807) is 18.1 Å². The molecule has 2 aliphatic rings. The zero-order valence-electron chi connectivity index (χ0n) is 11.2. The average Bonchev–Trinajstić information content (AvgIpc) is 3.18.